The topological polar surface area (TPSA) is 58.6 Å². The highest BCUT2D eigenvalue weighted by Gasteiger charge is 2.36. The fourth-order valence-corrected chi connectivity index (χ4v) is 5.23. The van der Waals surface area contributed by atoms with Crippen molar-refractivity contribution in [1.82, 2.24) is 5.32 Å². The van der Waals surface area contributed by atoms with Gasteiger partial charge in [-0.1, -0.05) is 55.3 Å². The summed E-state index contributed by atoms with van der Waals surface area (Å²) in [7, 11) is 1.59. The maximum atomic E-state index is 13.8. The molecular formula is C27H30N2O3S. The third-order valence-corrected chi connectivity index (χ3v) is 7.09. The smallest absolute Gasteiger partial charge is 0.248 e. The van der Waals surface area contributed by atoms with Crippen LogP contribution in [0.4, 0.5) is 5.69 Å². The molecule has 0 saturated heterocycles. The molecule has 1 fully saturated rings. The molecule has 4 rings (SSSR count). The van der Waals surface area contributed by atoms with Crippen molar-refractivity contribution < 1.29 is 14.3 Å². The van der Waals surface area contributed by atoms with Crippen LogP contribution in [-0.4, -0.2) is 25.0 Å². The van der Waals surface area contributed by atoms with Gasteiger partial charge in [-0.2, -0.15) is 0 Å². The average molecular weight is 463 g/mol. The zero-order chi connectivity index (χ0) is 23.2. The van der Waals surface area contributed by atoms with Gasteiger partial charge in [-0.15, -0.1) is 11.3 Å². The minimum atomic E-state index is -0.796. The van der Waals surface area contributed by atoms with E-state index in [0.29, 0.717) is 11.4 Å². The second-order valence-electron chi connectivity index (χ2n) is 8.44. The van der Waals surface area contributed by atoms with Crippen molar-refractivity contribution in [2.75, 3.05) is 12.0 Å². The Balaban J connectivity index is 1.81. The summed E-state index contributed by atoms with van der Waals surface area (Å²) >= 11 is 1.54. The predicted octanol–water partition coefficient (Wildman–Crippen LogP) is 5.44. The Hall–Kier alpha value is -3.12. The van der Waals surface area contributed by atoms with Crippen LogP contribution < -0.4 is 15.0 Å². The third kappa shape index (κ3) is 5.28. The largest absolute Gasteiger partial charge is 0.495 e. The standard InChI is InChI=1S/C27H30N2O3S/c1-19-10-3-6-14-22(19)26(27(31)28-20-11-4-5-12-20)29(23-15-7-8-16-24(23)32-2)25(30)18-21-13-9-17-33-21/h3,6-10,13-17,20,26H,4-5,11-12,18H2,1-2H3,(H,28,31). The number of methoxy groups -OCH3 is 1. The lowest BCUT2D eigenvalue weighted by atomic mass is 9.97. The molecule has 1 aliphatic carbocycles. The van der Waals surface area contributed by atoms with E-state index in [1.54, 1.807) is 12.0 Å². The summed E-state index contributed by atoms with van der Waals surface area (Å²) in [5, 5.41) is 5.20. The quantitative estimate of drug-likeness (QED) is 0.485. The van der Waals surface area contributed by atoms with Gasteiger partial charge in [0.25, 0.3) is 0 Å². The van der Waals surface area contributed by atoms with Crippen molar-refractivity contribution in [2.45, 2.75) is 51.1 Å². The molecule has 5 nitrogen and oxygen atoms in total. The number of hydrogen-bond acceptors (Lipinski definition) is 4. The molecule has 0 spiro atoms. The molecule has 2 aromatic carbocycles. The number of nitrogens with zero attached hydrogens (tertiary/aromatic N) is 1. The van der Waals surface area contributed by atoms with Gasteiger partial charge in [-0.25, -0.2) is 0 Å². The normalized spacial score (nSPS) is 14.6. The number of nitrogens with one attached hydrogen (secondary N) is 1. The van der Waals surface area contributed by atoms with Crippen LogP contribution >= 0.6 is 11.3 Å². The van der Waals surface area contributed by atoms with Crippen LogP contribution in [0.3, 0.4) is 0 Å². The fraction of sp³-hybridized carbons (Fsp3) is 0.333. The second-order valence-corrected chi connectivity index (χ2v) is 9.47. The number of amides is 2. The molecule has 172 valence electrons. The van der Waals surface area contributed by atoms with E-state index in [1.165, 1.54) is 11.3 Å². The van der Waals surface area contributed by atoms with Crippen LogP contribution in [0.1, 0.15) is 47.7 Å². The molecule has 1 aliphatic rings. The SMILES string of the molecule is COc1ccccc1N(C(=O)Cc1cccs1)C(C(=O)NC1CCCC1)c1ccccc1C. The summed E-state index contributed by atoms with van der Waals surface area (Å²) in [6, 6.07) is 18.4. The van der Waals surface area contributed by atoms with Gasteiger partial charge >= 0.3 is 0 Å². The number of carbonyl (C=O) groups is 2. The Kier molecular flexibility index (Phi) is 7.45. The molecule has 1 heterocycles. The number of ether oxygens (including phenoxy) is 1. The van der Waals surface area contributed by atoms with Gasteiger partial charge in [0.2, 0.25) is 11.8 Å². The van der Waals surface area contributed by atoms with E-state index in [0.717, 1.165) is 41.7 Å². The number of hydrogen-bond donors (Lipinski definition) is 1. The van der Waals surface area contributed by atoms with Crippen LogP contribution in [0, 0.1) is 6.92 Å². The lowest BCUT2D eigenvalue weighted by Gasteiger charge is -2.34. The zero-order valence-corrected chi connectivity index (χ0v) is 19.9. The van der Waals surface area contributed by atoms with E-state index in [1.807, 2.05) is 73.0 Å². The Morgan fingerprint density at radius 1 is 1.06 bits per heavy atom. The van der Waals surface area contributed by atoms with Crippen LogP contribution in [0.5, 0.6) is 5.75 Å². The fourth-order valence-electron chi connectivity index (χ4n) is 4.54. The molecule has 33 heavy (non-hydrogen) atoms. The lowest BCUT2D eigenvalue weighted by molar-refractivity contribution is -0.127. The molecule has 1 atom stereocenters. The highest BCUT2D eigenvalue weighted by Crippen LogP contribution is 2.37. The number of benzene rings is 2. The number of anilines is 1. The highest BCUT2D eigenvalue weighted by atomic mass is 32.1. The summed E-state index contributed by atoms with van der Waals surface area (Å²) in [4.78, 5) is 30.3. The number of aryl methyl sites for hydroxylation is 1. The first-order valence-electron chi connectivity index (χ1n) is 11.4. The van der Waals surface area contributed by atoms with E-state index in [4.69, 9.17) is 4.74 Å². The Labute approximate surface area is 199 Å². The van der Waals surface area contributed by atoms with Crippen molar-refractivity contribution in [3.05, 3.63) is 82.0 Å². The first-order chi connectivity index (χ1) is 16.1. The van der Waals surface area contributed by atoms with Crippen LogP contribution in [-0.2, 0) is 16.0 Å². The summed E-state index contributed by atoms with van der Waals surface area (Å²) in [5.41, 5.74) is 2.38. The maximum absolute atomic E-state index is 13.8. The Bertz CT molecular complexity index is 1090. The second kappa shape index (κ2) is 10.7. The summed E-state index contributed by atoms with van der Waals surface area (Å²) in [6.07, 6.45) is 4.41. The van der Waals surface area contributed by atoms with Gasteiger partial charge in [0, 0.05) is 10.9 Å². The molecule has 2 amide bonds. The zero-order valence-electron chi connectivity index (χ0n) is 19.1. The van der Waals surface area contributed by atoms with Crippen LogP contribution in [0.25, 0.3) is 0 Å². The number of para-hydroxylation sites is 2. The first kappa shape index (κ1) is 23.1. The molecule has 0 bridgehead atoms. The molecular weight excluding hydrogens is 432 g/mol. The molecule has 1 aromatic heterocycles. The van der Waals surface area contributed by atoms with Crippen molar-refractivity contribution in [3.8, 4) is 5.75 Å². The van der Waals surface area contributed by atoms with Crippen molar-refractivity contribution in [2.24, 2.45) is 0 Å². The molecule has 3 aromatic rings. The molecule has 0 radical (unpaired) electrons. The van der Waals surface area contributed by atoms with Crippen LogP contribution in [0.2, 0.25) is 0 Å². The highest BCUT2D eigenvalue weighted by molar-refractivity contribution is 7.10. The summed E-state index contributed by atoms with van der Waals surface area (Å²) in [6.45, 7) is 1.98. The van der Waals surface area contributed by atoms with Crippen LogP contribution in [0.15, 0.2) is 66.0 Å². The molecule has 0 aliphatic heterocycles. The van der Waals surface area contributed by atoms with Crippen molar-refractivity contribution in [1.29, 1.82) is 0 Å². The van der Waals surface area contributed by atoms with E-state index in [9.17, 15) is 9.59 Å². The predicted molar refractivity (Wildman–Crippen MR) is 133 cm³/mol. The minimum absolute atomic E-state index is 0.142. The van der Waals surface area contributed by atoms with Crippen molar-refractivity contribution >= 4 is 28.8 Å². The lowest BCUT2D eigenvalue weighted by Crippen LogP contribution is -2.47. The van der Waals surface area contributed by atoms with Gasteiger partial charge in [0.05, 0.1) is 19.2 Å². The summed E-state index contributed by atoms with van der Waals surface area (Å²) in [5.74, 6) is 0.266. The Morgan fingerprint density at radius 2 is 1.79 bits per heavy atom. The van der Waals surface area contributed by atoms with Gasteiger partial charge in [-0.05, 0) is 54.5 Å². The average Bonchev–Trinajstić information content (AvgIpc) is 3.52. The van der Waals surface area contributed by atoms with Gasteiger partial charge in [-0.3, -0.25) is 14.5 Å². The van der Waals surface area contributed by atoms with Crippen molar-refractivity contribution in [3.63, 3.8) is 0 Å². The summed E-state index contributed by atoms with van der Waals surface area (Å²) < 4.78 is 5.62. The van der Waals surface area contributed by atoms with Gasteiger partial charge in [0.1, 0.15) is 11.8 Å². The third-order valence-electron chi connectivity index (χ3n) is 6.21. The number of carbonyl (C=O) groups excluding carboxylic acids is 2. The van der Waals surface area contributed by atoms with E-state index >= 15 is 0 Å². The first-order valence-corrected chi connectivity index (χ1v) is 12.3. The minimum Gasteiger partial charge on any atom is -0.495 e. The molecule has 1 N–H and O–H groups in total. The van der Waals surface area contributed by atoms with E-state index in [2.05, 4.69) is 5.32 Å². The molecule has 1 unspecified atom stereocenters. The molecule has 6 heteroatoms. The number of thiophene rings is 1. The molecule has 1 saturated carbocycles. The van der Waals surface area contributed by atoms with E-state index < -0.39 is 6.04 Å². The maximum Gasteiger partial charge on any atom is 0.248 e. The van der Waals surface area contributed by atoms with Gasteiger partial charge in [0.15, 0.2) is 0 Å². The monoisotopic (exact) mass is 462 g/mol. The van der Waals surface area contributed by atoms with Gasteiger partial charge < -0.3 is 10.1 Å². The number of rotatable bonds is 8. The Morgan fingerprint density at radius 3 is 2.48 bits per heavy atom. The van der Waals surface area contributed by atoms with E-state index in [-0.39, 0.29) is 24.3 Å².